The second-order valence-electron chi connectivity index (χ2n) is 6.80. The van der Waals surface area contributed by atoms with E-state index in [9.17, 15) is 18.0 Å². The molecule has 0 atom stereocenters. The minimum absolute atomic E-state index is 0.00922. The van der Waals surface area contributed by atoms with Crippen LogP contribution in [0.3, 0.4) is 0 Å². The number of nitrogens with two attached hydrogens (primary N) is 1. The molecule has 0 amide bonds. The van der Waals surface area contributed by atoms with E-state index in [4.69, 9.17) is 22.4 Å². The molecule has 0 radical (unpaired) electrons. The van der Waals surface area contributed by atoms with Gasteiger partial charge in [0.25, 0.3) is 0 Å². The highest BCUT2D eigenvalue weighted by atomic mass is 35.5. The lowest BCUT2D eigenvalue weighted by atomic mass is 10.1. The number of hydrogen-bond donors (Lipinski definition) is 2. The van der Waals surface area contributed by atoms with E-state index in [1.54, 1.807) is 36.4 Å². The van der Waals surface area contributed by atoms with Gasteiger partial charge in [0.2, 0.25) is 0 Å². The zero-order chi connectivity index (χ0) is 23.3. The molecule has 3 rings (SSSR count). The fourth-order valence-electron chi connectivity index (χ4n) is 2.82. The van der Waals surface area contributed by atoms with Crippen LogP contribution in [0, 0.1) is 0 Å². The number of nitrogens with zero attached hydrogens (tertiary/aromatic N) is 1. The van der Waals surface area contributed by atoms with Crippen LogP contribution in [0.4, 0.5) is 18.9 Å². The Bertz CT molecular complexity index is 1190. The van der Waals surface area contributed by atoms with Gasteiger partial charge in [0.1, 0.15) is 5.70 Å². The largest absolute Gasteiger partial charge is 0.481 e. The van der Waals surface area contributed by atoms with E-state index in [2.05, 4.69) is 4.99 Å². The van der Waals surface area contributed by atoms with Crippen molar-refractivity contribution in [1.82, 2.24) is 0 Å². The van der Waals surface area contributed by atoms with Crippen molar-refractivity contribution in [3.63, 3.8) is 0 Å². The molecule has 3 aromatic rings. The first-order valence-corrected chi connectivity index (χ1v) is 10.6. The first-order valence-electron chi connectivity index (χ1n) is 9.42. The number of rotatable bonds is 7. The average molecular weight is 479 g/mol. The number of aryl methyl sites for hydroxylation is 1. The van der Waals surface area contributed by atoms with Crippen molar-refractivity contribution >= 4 is 40.3 Å². The molecule has 166 valence electrons. The minimum Gasteiger partial charge on any atom is -0.481 e. The zero-order valence-electron chi connectivity index (χ0n) is 16.6. The molecule has 0 bridgehead atoms. The Hall–Kier alpha value is -3.10. The van der Waals surface area contributed by atoms with Gasteiger partial charge < -0.3 is 10.8 Å². The molecule has 0 aliphatic rings. The van der Waals surface area contributed by atoms with E-state index >= 15 is 0 Å². The van der Waals surface area contributed by atoms with E-state index in [-0.39, 0.29) is 12.1 Å². The Kier molecular flexibility index (Phi) is 7.37. The van der Waals surface area contributed by atoms with Crippen molar-refractivity contribution in [3.8, 4) is 10.4 Å². The summed E-state index contributed by atoms with van der Waals surface area (Å²) < 4.78 is 39.2. The maximum atomic E-state index is 13.1. The van der Waals surface area contributed by atoms with Crippen LogP contribution in [0.25, 0.3) is 10.4 Å². The molecule has 4 nitrogen and oxygen atoms in total. The van der Waals surface area contributed by atoms with Crippen LogP contribution in [-0.4, -0.2) is 23.0 Å². The monoisotopic (exact) mass is 478 g/mol. The summed E-state index contributed by atoms with van der Waals surface area (Å²) >= 11 is 7.38. The summed E-state index contributed by atoms with van der Waals surface area (Å²) in [6.45, 7) is 0. The van der Waals surface area contributed by atoms with Crippen LogP contribution in [0.15, 0.2) is 77.4 Å². The molecule has 0 spiro atoms. The highest BCUT2D eigenvalue weighted by Crippen LogP contribution is 2.32. The number of thiophene rings is 1. The molecule has 0 aliphatic carbocycles. The fraction of sp³-hybridized carbons (Fsp3) is 0.130. The summed E-state index contributed by atoms with van der Waals surface area (Å²) in [5.41, 5.74) is 6.02. The molecule has 3 N–H and O–H groups in total. The first-order chi connectivity index (χ1) is 15.1. The summed E-state index contributed by atoms with van der Waals surface area (Å²) in [6.07, 6.45) is -3.51. The number of carboxylic acids is 1. The second kappa shape index (κ2) is 10.0. The summed E-state index contributed by atoms with van der Waals surface area (Å²) in [5.74, 6) is -0.886. The maximum absolute atomic E-state index is 13.1. The molecule has 9 heteroatoms. The molecule has 1 aromatic heterocycles. The lowest BCUT2D eigenvalue weighted by Gasteiger charge is -2.08. The molecule has 2 aromatic carbocycles. The number of benzene rings is 2. The Labute approximate surface area is 191 Å². The molecule has 0 fully saturated rings. The van der Waals surface area contributed by atoms with Gasteiger partial charge in [-0.05, 0) is 47.9 Å². The summed E-state index contributed by atoms with van der Waals surface area (Å²) in [7, 11) is 0. The number of aliphatic carboxylic acids is 1. The Morgan fingerprint density at radius 1 is 1.12 bits per heavy atom. The number of hydrogen-bond acceptors (Lipinski definition) is 4. The molecule has 1 heterocycles. The number of para-hydroxylation sites is 1. The van der Waals surface area contributed by atoms with Crippen molar-refractivity contribution in [2.45, 2.75) is 19.0 Å². The topological polar surface area (TPSA) is 75.7 Å². The van der Waals surface area contributed by atoms with Gasteiger partial charge in [-0.1, -0.05) is 48.0 Å². The minimum atomic E-state index is -4.69. The molecule has 0 saturated carbocycles. The molecule has 0 unspecified atom stereocenters. The van der Waals surface area contributed by atoms with Crippen molar-refractivity contribution in [1.29, 1.82) is 0 Å². The van der Waals surface area contributed by atoms with Gasteiger partial charge in [-0.25, -0.2) is 4.99 Å². The molecule has 0 aliphatic heterocycles. The second-order valence-corrected chi connectivity index (χ2v) is 8.29. The third-order valence-electron chi connectivity index (χ3n) is 4.41. The normalized spacial score (nSPS) is 12.8. The van der Waals surface area contributed by atoms with Crippen LogP contribution in [-0.2, 0) is 11.2 Å². The van der Waals surface area contributed by atoms with Crippen LogP contribution < -0.4 is 5.73 Å². The van der Waals surface area contributed by atoms with Gasteiger partial charge in [0.05, 0.1) is 21.3 Å². The summed E-state index contributed by atoms with van der Waals surface area (Å²) in [6, 6.07) is 17.4. The van der Waals surface area contributed by atoms with E-state index in [0.717, 1.165) is 22.1 Å². The van der Waals surface area contributed by atoms with Crippen molar-refractivity contribution in [3.05, 3.63) is 87.9 Å². The Morgan fingerprint density at radius 3 is 2.56 bits per heavy atom. The van der Waals surface area contributed by atoms with E-state index < -0.39 is 17.8 Å². The SMILES string of the molecule is NC(=CC(=Nc1ccccc1Cl)c1ccc(-c2cccc(CCC(=O)O)c2)s1)C(F)(F)F. The van der Waals surface area contributed by atoms with Gasteiger partial charge in [0.15, 0.2) is 0 Å². The fourth-order valence-corrected chi connectivity index (χ4v) is 3.96. The van der Waals surface area contributed by atoms with Crippen LogP contribution >= 0.6 is 22.9 Å². The average Bonchev–Trinajstić information content (AvgIpc) is 3.23. The molecule has 0 saturated heterocycles. The number of carboxylic acid groups (broad SMARTS) is 1. The van der Waals surface area contributed by atoms with Gasteiger partial charge in [-0.3, -0.25) is 4.79 Å². The van der Waals surface area contributed by atoms with Crippen LogP contribution in [0.1, 0.15) is 16.9 Å². The van der Waals surface area contributed by atoms with E-state index in [1.165, 1.54) is 11.3 Å². The quantitative estimate of drug-likeness (QED) is 0.375. The summed E-state index contributed by atoms with van der Waals surface area (Å²) in [5, 5.41) is 9.18. The van der Waals surface area contributed by atoms with Crippen molar-refractivity contribution in [2.75, 3.05) is 0 Å². The lowest BCUT2D eigenvalue weighted by Crippen LogP contribution is -2.20. The van der Waals surface area contributed by atoms with Crippen LogP contribution in [0.5, 0.6) is 0 Å². The number of allylic oxidation sites excluding steroid dienone is 2. The number of alkyl halides is 3. The maximum Gasteiger partial charge on any atom is 0.430 e. The Balaban J connectivity index is 2.00. The lowest BCUT2D eigenvalue weighted by molar-refractivity contribution is -0.136. The van der Waals surface area contributed by atoms with Crippen molar-refractivity contribution in [2.24, 2.45) is 10.7 Å². The highest BCUT2D eigenvalue weighted by Gasteiger charge is 2.32. The zero-order valence-corrected chi connectivity index (χ0v) is 18.1. The van der Waals surface area contributed by atoms with E-state index in [0.29, 0.717) is 22.0 Å². The third kappa shape index (κ3) is 6.21. The predicted molar refractivity (Wildman–Crippen MR) is 122 cm³/mol. The van der Waals surface area contributed by atoms with Gasteiger partial charge >= 0.3 is 12.1 Å². The van der Waals surface area contributed by atoms with Crippen molar-refractivity contribution < 1.29 is 23.1 Å². The van der Waals surface area contributed by atoms with Gasteiger partial charge in [0, 0.05) is 11.3 Å². The van der Waals surface area contributed by atoms with E-state index in [1.807, 2.05) is 24.3 Å². The van der Waals surface area contributed by atoms with Gasteiger partial charge in [-0.15, -0.1) is 11.3 Å². The Morgan fingerprint density at radius 2 is 1.88 bits per heavy atom. The highest BCUT2D eigenvalue weighted by molar-refractivity contribution is 7.17. The third-order valence-corrected chi connectivity index (χ3v) is 5.89. The molecular formula is C23H18ClF3N2O2S. The smallest absolute Gasteiger partial charge is 0.430 e. The summed E-state index contributed by atoms with van der Waals surface area (Å²) in [4.78, 5) is 16.4. The molecular weight excluding hydrogens is 461 g/mol. The van der Waals surface area contributed by atoms with Crippen LogP contribution in [0.2, 0.25) is 5.02 Å². The molecule has 32 heavy (non-hydrogen) atoms. The van der Waals surface area contributed by atoms with Gasteiger partial charge in [-0.2, -0.15) is 13.2 Å². The number of carbonyl (C=O) groups is 1. The predicted octanol–water partition coefficient (Wildman–Crippen LogP) is 6.61. The standard InChI is InChI=1S/C23H18ClF3N2O2S/c24-16-6-1-2-7-17(16)29-18(13-21(28)23(25,26)27)20-10-9-19(32-20)15-5-3-4-14(12-15)8-11-22(30)31/h1-7,9-10,12-13H,8,11,28H2,(H,30,31). The number of aliphatic imine (C=N–C) groups is 1. The number of halogens is 4. The first kappa shape index (κ1) is 23.6.